The molecule has 0 fully saturated rings. The quantitative estimate of drug-likeness (QED) is 0.671. The first-order valence-electron chi connectivity index (χ1n) is 7.99. The predicted octanol–water partition coefficient (Wildman–Crippen LogP) is 5.38. The monoisotopic (exact) mass is 333 g/mol. The summed E-state index contributed by atoms with van der Waals surface area (Å²) in [6.45, 7) is 7.37. The van der Waals surface area contributed by atoms with Crippen molar-refractivity contribution in [1.82, 2.24) is 5.32 Å². The molecular weight excluding hydrogens is 311 g/mol. The highest BCUT2D eigenvalue weighted by Gasteiger charge is 2.30. The van der Waals surface area contributed by atoms with E-state index in [0.717, 1.165) is 36.7 Å². The molecule has 0 saturated carbocycles. The molecule has 24 heavy (non-hydrogen) atoms. The zero-order valence-electron chi connectivity index (χ0n) is 13.8. The van der Waals surface area contributed by atoms with Crippen molar-refractivity contribution in [2.75, 3.05) is 6.54 Å². The van der Waals surface area contributed by atoms with Crippen LogP contribution in [0.3, 0.4) is 0 Å². The summed E-state index contributed by atoms with van der Waals surface area (Å²) in [7, 11) is 0. The van der Waals surface area contributed by atoms with Crippen LogP contribution in [-0.4, -0.2) is 6.54 Å². The first kappa shape index (κ1) is 18.3. The molecule has 2 aromatic carbocycles. The van der Waals surface area contributed by atoms with Gasteiger partial charge >= 0.3 is 6.18 Å². The van der Waals surface area contributed by atoms with Crippen LogP contribution in [0.5, 0.6) is 0 Å². The maximum Gasteiger partial charge on any atom is 0.416 e. The third kappa shape index (κ3) is 4.96. The van der Waals surface area contributed by atoms with Crippen molar-refractivity contribution in [2.24, 2.45) is 0 Å². The van der Waals surface area contributed by atoms with Crippen molar-refractivity contribution in [3.05, 3.63) is 76.9 Å². The van der Waals surface area contributed by atoms with E-state index in [2.05, 4.69) is 24.9 Å². The Balaban J connectivity index is 1.81. The largest absolute Gasteiger partial charge is 0.416 e. The molecule has 128 valence electrons. The number of hydrogen-bond acceptors (Lipinski definition) is 1. The SMILES string of the molecule is C=Cc1cccc(CNCCCc2cccc(C(F)(F)F)c2)c1C. The molecule has 1 N–H and O–H groups in total. The van der Waals surface area contributed by atoms with Crippen LogP contribution in [0.15, 0.2) is 49.0 Å². The van der Waals surface area contributed by atoms with Crippen molar-refractivity contribution < 1.29 is 13.2 Å². The van der Waals surface area contributed by atoms with Crippen LogP contribution in [0, 0.1) is 6.92 Å². The van der Waals surface area contributed by atoms with Gasteiger partial charge in [0.1, 0.15) is 0 Å². The van der Waals surface area contributed by atoms with E-state index in [1.165, 1.54) is 23.3 Å². The van der Waals surface area contributed by atoms with Crippen LogP contribution in [0.1, 0.15) is 34.2 Å². The van der Waals surface area contributed by atoms with Gasteiger partial charge in [-0.3, -0.25) is 0 Å². The number of benzene rings is 2. The van der Waals surface area contributed by atoms with Gasteiger partial charge in [0, 0.05) is 6.54 Å². The summed E-state index contributed by atoms with van der Waals surface area (Å²) < 4.78 is 38.0. The van der Waals surface area contributed by atoms with Crippen molar-refractivity contribution in [1.29, 1.82) is 0 Å². The predicted molar refractivity (Wildman–Crippen MR) is 92.7 cm³/mol. The van der Waals surface area contributed by atoms with Gasteiger partial charge in [-0.2, -0.15) is 13.2 Å². The molecule has 0 aliphatic heterocycles. The Morgan fingerprint density at radius 2 is 1.88 bits per heavy atom. The average Bonchev–Trinajstić information content (AvgIpc) is 2.55. The number of aryl methyl sites for hydroxylation is 1. The molecule has 0 saturated heterocycles. The summed E-state index contributed by atoms with van der Waals surface area (Å²) in [6.07, 6.45) is -1.02. The normalized spacial score (nSPS) is 11.5. The summed E-state index contributed by atoms with van der Waals surface area (Å²) in [4.78, 5) is 0. The topological polar surface area (TPSA) is 12.0 Å². The number of alkyl halides is 3. The molecule has 0 heterocycles. The summed E-state index contributed by atoms with van der Waals surface area (Å²) in [5.74, 6) is 0. The fourth-order valence-electron chi connectivity index (χ4n) is 2.66. The van der Waals surface area contributed by atoms with Gasteiger partial charge in [-0.25, -0.2) is 0 Å². The minimum absolute atomic E-state index is 0.579. The standard InChI is InChI=1S/C20H22F3N/c1-3-17-9-5-10-18(15(17)2)14-24-12-6-8-16-7-4-11-19(13-16)20(21,22)23/h3-5,7,9-11,13,24H,1,6,8,12,14H2,2H3. The lowest BCUT2D eigenvalue weighted by Gasteiger charge is -2.11. The van der Waals surface area contributed by atoms with Gasteiger partial charge in [0.25, 0.3) is 0 Å². The summed E-state index contributed by atoms with van der Waals surface area (Å²) in [5, 5.41) is 3.35. The molecular formula is C20H22F3N. The molecule has 4 heteroatoms. The van der Waals surface area contributed by atoms with Crippen molar-refractivity contribution in [3.63, 3.8) is 0 Å². The molecule has 2 aromatic rings. The molecule has 0 atom stereocenters. The van der Waals surface area contributed by atoms with Crippen molar-refractivity contribution in [2.45, 2.75) is 32.5 Å². The van der Waals surface area contributed by atoms with E-state index in [1.54, 1.807) is 6.07 Å². The maximum absolute atomic E-state index is 12.7. The van der Waals surface area contributed by atoms with Crippen molar-refractivity contribution in [3.8, 4) is 0 Å². The molecule has 0 amide bonds. The Hall–Kier alpha value is -2.07. The van der Waals surface area contributed by atoms with E-state index in [0.29, 0.717) is 6.42 Å². The highest BCUT2D eigenvalue weighted by atomic mass is 19.4. The van der Waals surface area contributed by atoms with Crippen LogP contribution in [0.25, 0.3) is 6.08 Å². The average molecular weight is 333 g/mol. The molecule has 0 aliphatic rings. The van der Waals surface area contributed by atoms with E-state index in [1.807, 2.05) is 18.2 Å². The summed E-state index contributed by atoms with van der Waals surface area (Å²) >= 11 is 0. The molecule has 0 spiro atoms. The molecule has 0 bridgehead atoms. The molecule has 0 aliphatic carbocycles. The van der Waals surface area contributed by atoms with E-state index >= 15 is 0 Å². The van der Waals surface area contributed by atoms with E-state index in [-0.39, 0.29) is 0 Å². The lowest BCUT2D eigenvalue weighted by atomic mass is 10.0. The maximum atomic E-state index is 12.7. The number of rotatable bonds is 7. The van der Waals surface area contributed by atoms with Gasteiger partial charge < -0.3 is 5.32 Å². The number of nitrogens with one attached hydrogen (secondary N) is 1. The Bertz CT molecular complexity index is 690. The van der Waals surface area contributed by atoms with Gasteiger partial charge in [-0.15, -0.1) is 0 Å². The third-order valence-electron chi connectivity index (χ3n) is 4.10. The van der Waals surface area contributed by atoms with Crippen LogP contribution in [0.4, 0.5) is 13.2 Å². The van der Waals surface area contributed by atoms with Gasteiger partial charge in [0.05, 0.1) is 5.56 Å². The minimum Gasteiger partial charge on any atom is -0.313 e. The zero-order valence-corrected chi connectivity index (χ0v) is 13.8. The Morgan fingerprint density at radius 3 is 2.58 bits per heavy atom. The molecule has 0 unspecified atom stereocenters. The second-order valence-electron chi connectivity index (χ2n) is 5.81. The highest BCUT2D eigenvalue weighted by Crippen LogP contribution is 2.29. The molecule has 1 nitrogen and oxygen atoms in total. The zero-order chi connectivity index (χ0) is 17.6. The number of halogens is 3. The van der Waals surface area contributed by atoms with Crippen LogP contribution in [0.2, 0.25) is 0 Å². The highest BCUT2D eigenvalue weighted by molar-refractivity contribution is 5.53. The first-order chi connectivity index (χ1) is 11.4. The second-order valence-corrected chi connectivity index (χ2v) is 5.81. The van der Waals surface area contributed by atoms with Crippen molar-refractivity contribution >= 4 is 6.08 Å². The van der Waals surface area contributed by atoms with Gasteiger partial charge in [-0.05, 0) is 54.6 Å². The van der Waals surface area contributed by atoms with Gasteiger partial charge in [0.15, 0.2) is 0 Å². The fraction of sp³-hybridized carbons (Fsp3) is 0.300. The Labute approximate surface area is 141 Å². The fourth-order valence-corrected chi connectivity index (χ4v) is 2.66. The number of hydrogen-bond donors (Lipinski definition) is 1. The first-order valence-corrected chi connectivity index (χ1v) is 7.99. The van der Waals surface area contributed by atoms with Crippen LogP contribution < -0.4 is 5.32 Å². The molecule has 0 aromatic heterocycles. The smallest absolute Gasteiger partial charge is 0.313 e. The minimum atomic E-state index is -4.28. The molecule has 0 radical (unpaired) electrons. The Kier molecular flexibility index (Phi) is 6.21. The summed E-state index contributed by atoms with van der Waals surface area (Å²) in [5.41, 5.74) is 3.68. The lowest BCUT2D eigenvalue weighted by Crippen LogP contribution is -2.16. The van der Waals surface area contributed by atoms with Gasteiger partial charge in [-0.1, -0.05) is 49.1 Å². The van der Waals surface area contributed by atoms with Gasteiger partial charge in [0.2, 0.25) is 0 Å². The molecule has 2 rings (SSSR count). The van der Waals surface area contributed by atoms with E-state index in [4.69, 9.17) is 0 Å². The third-order valence-corrected chi connectivity index (χ3v) is 4.10. The Morgan fingerprint density at radius 1 is 1.12 bits per heavy atom. The van der Waals surface area contributed by atoms with E-state index in [9.17, 15) is 13.2 Å². The van der Waals surface area contributed by atoms with Crippen LogP contribution in [-0.2, 0) is 19.1 Å². The second kappa shape index (κ2) is 8.15. The lowest BCUT2D eigenvalue weighted by molar-refractivity contribution is -0.137. The van der Waals surface area contributed by atoms with E-state index < -0.39 is 11.7 Å². The van der Waals surface area contributed by atoms with Crippen LogP contribution >= 0.6 is 0 Å². The summed E-state index contributed by atoms with van der Waals surface area (Å²) in [6, 6.07) is 11.7.